The maximum Gasteiger partial charge on any atom is 0.310 e. The highest BCUT2D eigenvalue weighted by Crippen LogP contribution is 2.29. The summed E-state index contributed by atoms with van der Waals surface area (Å²) in [5.74, 6) is -0.644. The van der Waals surface area contributed by atoms with Gasteiger partial charge in [0, 0.05) is 11.5 Å². The number of ether oxygens (including phenoxy) is 1. The average molecular weight is 319 g/mol. The number of aromatic nitrogens is 1. The van der Waals surface area contributed by atoms with Gasteiger partial charge in [0.2, 0.25) is 0 Å². The molecule has 0 saturated heterocycles. The molecule has 0 saturated carbocycles. The topological polar surface area (TPSA) is 63.0 Å². The van der Waals surface area contributed by atoms with E-state index in [1.165, 1.54) is 13.3 Å². The van der Waals surface area contributed by atoms with Crippen molar-refractivity contribution in [2.45, 2.75) is 18.2 Å². The second-order valence-corrected chi connectivity index (χ2v) is 3.88. The lowest BCUT2D eigenvalue weighted by Crippen LogP contribution is -2.12. The summed E-state index contributed by atoms with van der Waals surface area (Å²) >= 11 is 3.13. The normalized spacial score (nSPS) is 10.2. The summed E-state index contributed by atoms with van der Waals surface area (Å²) in [6.07, 6.45) is -1.88. The Morgan fingerprint density at radius 2 is 2.33 bits per heavy atom. The first-order chi connectivity index (χ1) is 8.54. The molecule has 0 aliphatic heterocycles. The molecule has 0 aromatic carbocycles. The lowest BCUT2D eigenvalue weighted by Gasteiger charge is -2.13. The Balaban J connectivity index is 3.41. The highest BCUT2D eigenvalue weighted by Gasteiger charge is 2.23. The van der Waals surface area contributed by atoms with E-state index in [4.69, 9.17) is 5.26 Å². The molecule has 0 unspecified atom stereocenters. The van der Waals surface area contributed by atoms with Crippen LogP contribution in [0.5, 0.6) is 0 Å². The summed E-state index contributed by atoms with van der Waals surface area (Å²) in [6, 6.07) is 1.60. The molecule has 96 valence electrons. The van der Waals surface area contributed by atoms with Crippen molar-refractivity contribution in [3.8, 4) is 6.07 Å². The third-order valence-corrected chi connectivity index (χ3v) is 2.94. The summed E-state index contributed by atoms with van der Waals surface area (Å²) < 4.78 is 30.4. The maximum atomic E-state index is 13.0. The third-order valence-electron chi connectivity index (χ3n) is 2.33. The number of rotatable bonds is 4. The molecule has 0 N–H and O–H groups in total. The fourth-order valence-corrected chi connectivity index (χ4v) is 1.95. The summed E-state index contributed by atoms with van der Waals surface area (Å²) in [7, 11) is 1.17. The minimum Gasteiger partial charge on any atom is -0.469 e. The van der Waals surface area contributed by atoms with Gasteiger partial charge in [-0.25, -0.2) is 13.8 Å². The molecule has 1 heterocycles. The Morgan fingerprint density at radius 3 is 2.78 bits per heavy atom. The van der Waals surface area contributed by atoms with Crippen LogP contribution in [0.2, 0.25) is 0 Å². The molecule has 7 heteroatoms. The quantitative estimate of drug-likeness (QED) is 0.632. The molecule has 0 bridgehead atoms. The Kier molecular flexibility index (Phi) is 5.16. The van der Waals surface area contributed by atoms with Crippen LogP contribution in [0.3, 0.4) is 0 Å². The van der Waals surface area contributed by atoms with Gasteiger partial charge in [0.05, 0.1) is 19.1 Å². The van der Waals surface area contributed by atoms with Crippen molar-refractivity contribution in [2.75, 3.05) is 7.11 Å². The minimum absolute atomic E-state index is 0.0975. The number of methoxy groups -OCH3 is 1. The zero-order valence-corrected chi connectivity index (χ0v) is 11.0. The van der Waals surface area contributed by atoms with Gasteiger partial charge in [-0.3, -0.25) is 4.79 Å². The lowest BCUT2D eigenvalue weighted by molar-refractivity contribution is -0.139. The fourth-order valence-electron chi connectivity index (χ4n) is 1.47. The van der Waals surface area contributed by atoms with Crippen molar-refractivity contribution >= 4 is 21.9 Å². The molecule has 1 rings (SSSR count). The summed E-state index contributed by atoms with van der Waals surface area (Å²) in [5.41, 5.74) is -0.330. The molecule has 0 amide bonds. The number of alkyl halides is 3. The maximum absolute atomic E-state index is 13.0. The first-order valence-corrected chi connectivity index (χ1v) is 5.99. The van der Waals surface area contributed by atoms with Crippen molar-refractivity contribution < 1.29 is 18.3 Å². The van der Waals surface area contributed by atoms with Gasteiger partial charge in [-0.05, 0) is 11.1 Å². The van der Waals surface area contributed by atoms with Crippen LogP contribution in [0.15, 0.2) is 6.20 Å². The number of hydrogen-bond donors (Lipinski definition) is 0. The number of pyridine rings is 1. The summed E-state index contributed by atoms with van der Waals surface area (Å²) in [6.45, 7) is 0. The molecule has 18 heavy (non-hydrogen) atoms. The van der Waals surface area contributed by atoms with Gasteiger partial charge >= 0.3 is 5.97 Å². The van der Waals surface area contributed by atoms with Crippen LogP contribution < -0.4 is 0 Å². The molecule has 0 radical (unpaired) electrons. The highest BCUT2D eigenvalue weighted by molar-refractivity contribution is 9.08. The van der Waals surface area contributed by atoms with E-state index < -0.39 is 18.0 Å². The van der Waals surface area contributed by atoms with Crippen LogP contribution in [-0.2, 0) is 21.3 Å². The molecule has 0 spiro atoms. The van der Waals surface area contributed by atoms with Crippen LogP contribution in [-0.4, -0.2) is 18.1 Å². The second kappa shape index (κ2) is 6.40. The lowest BCUT2D eigenvalue weighted by atomic mass is 9.99. The first-order valence-electron chi connectivity index (χ1n) is 4.86. The van der Waals surface area contributed by atoms with Crippen LogP contribution in [0.4, 0.5) is 8.78 Å². The van der Waals surface area contributed by atoms with Crippen LogP contribution in [0.1, 0.15) is 28.8 Å². The predicted octanol–water partition coefficient (Wildman–Crippen LogP) is 2.50. The van der Waals surface area contributed by atoms with E-state index in [9.17, 15) is 13.6 Å². The highest BCUT2D eigenvalue weighted by atomic mass is 79.9. The van der Waals surface area contributed by atoms with Crippen molar-refractivity contribution in [3.63, 3.8) is 0 Å². The molecule has 0 atom stereocenters. The monoisotopic (exact) mass is 318 g/mol. The van der Waals surface area contributed by atoms with E-state index in [2.05, 4.69) is 25.7 Å². The fraction of sp³-hybridized carbons (Fsp3) is 0.364. The zero-order valence-electron chi connectivity index (χ0n) is 9.41. The second-order valence-electron chi connectivity index (χ2n) is 3.32. The number of carbonyl (C=O) groups is 1. The third kappa shape index (κ3) is 3.01. The van der Waals surface area contributed by atoms with E-state index in [0.29, 0.717) is 5.56 Å². The summed E-state index contributed by atoms with van der Waals surface area (Å²) in [4.78, 5) is 14.9. The molecule has 0 aliphatic carbocycles. The molecule has 4 nitrogen and oxygen atoms in total. The van der Waals surface area contributed by atoms with Crippen molar-refractivity contribution in [3.05, 3.63) is 28.6 Å². The number of nitrogens with zero attached hydrogens (tertiary/aromatic N) is 2. The summed E-state index contributed by atoms with van der Waals surface area (Å²) in [5, 5.41) is 9.03. The SMILES string of the molecule is COC(=O)Cc1c(CBr)cnc(C#N)c1C(F)F. The minimum atomic E-state index is -2.87. The molecule has 1 aromatic heterocycles. The van der Waals surface area contributed by atoms with Gasteiger partial charge in [0.1, 0.15) is 11.8 Å². The number of esters is 1. The Hall–Kier alpha value is -1.55. The molecule has 1 aromatic rings. The smallest absolute Gasteiger partial charge is 0.310 e. The largest absolute Gasteiger partial charge is 0.469 e. The number of carbonyl (C=O) groups excluding carboxylic acids is 1. The van der Waals surface area contributed by atoms with Gasteiger partial charge in [0.25, 0.3) is 6.43 Å². The van der Waals surface area contributed by atoms with Crippen LogP contribution >= 0.6 is 15.9 Å². The average Bonchev–Trinajstić information content (AvgIpc) is 2.37. The number of hydrogen-bond acceptors (Lipinski definition) is 4. The molecule has 0 fully saturated rings. The van der Waals surface area contributed by atoms with Gasteiger partial charge in [0.15, 0.2) is 0 Å². The van der Waals surface area contributed by atoms with Gasteiger partial charge in [-0.1, -0.05) is 15.9 Å². The van der Waals surface area contributed by atoms with E-state index >= 15 is 0 Å². The number of halogens is 3. The Labute approximate surface area is 111 Å². The zero-order chi connectivity index (χ0) is 13.7. The van der Waals surface area contributed by atoms with Crippen molar-refractivity contribution in [2.24, 2.45) is 0 Å². The van der Waals surface area contributed by atoms with Crippen LogP contribution in [0, 0.1) is 11.3 Å². The van der Waals surface area contributed by atoms with Crippen molar-refractivity contribution in [1.82, 2.24) is 4.98 Å². The van der Waals surface area contributed by atoms with Gasteiger partial charge < -0.3 is 4.74 Å². The Bertz CT molecular complexity index is 501. The standard InChI is InChI=1S/C11H9BrF2N2O2/c1-18-9(17)2-7-6(3-12)5-16-8(4-15)10(7)11(13)14/h5,11H,2-3H2,1H3. The van der Waals surface area contributed by atoms with Crippen molar-refractivity contribution in [1.29, 1.82) is 5.26 Å². The first kappa shape index (κ1) is 14.5. The number of nitriles is 1. The van der Waals surface area contributed by atoms with E-state index in [1.807, 2.05) is 0 Å². The van der Waals surface area contributed by atoms with Gasteiger partial charge in [-0.2, -0.15) is 5.26 Å². The molecular weight excluding hydrogens is 310 g/mol. The Morgan fingerprint density at radius 1 is 1.67 bits per heavy atom. The van der Waals surface area contributed by atoms with E-state index in [0.717, 1.165) is 0 Å². The predicted molar refractivity (Wildman–Crippen MR) is 62.3 cm³/mol. The van der Waals surface area contributed by atoms with Gasteiger partial charge in [-0.15, -0.1) is 0 Å². The molecular formula is C11H9BrF2N2O2. The van der Waals surface area contributed by atoms with E-state index in [1.54, 1.807) is 6.07 Å². The molecule has 0 aliphatic rings. The van der Waals surface area contributed by atoms with Crippen LogP contribution in [0.25, 0.3) is 0 Å². The van der Waals surface area contributed by atoms with E-state index in [-0.39, 0.29) is 23.0 Å².